The van der Waals surface area contributed by atoms with E-state index in [0.717, 1.165) is 6.54 Å². The molecular formula is C17H28N2O. The fraction of sp³-hybridized carbons (Fsp3) is 0.588. The second-order valence-corrected chi connectivity index (χ2v) is 6.61. The SMILES string of the molecule is Cc1ccc(CN(C)C(=O)CCNC(C)(C)C)c(C)c1. The third-order valence-electron chi connectivity index (χ3n) is 3.33. The van der Waals surface area contributed by atoms with Crippen molar-refractivity contribution in [2.45, 2.75) is 53.1 Å². The highest BCUT2D eigenvalue weighted by atomic mass is 16.2. The lowest BCUT2D eigenvalue weighted by Gasteiger charge is -2.22. The van der Waals surface area contributed by atoms with Gasteiger partial charge in [0.05, 0.1) is 0 Å². The third kappa shape index (κ3) is 5.74. The molecule has 1 aromatic rings. The van der Waals surface area contributed by atoms with Crippen LogP contribution in [0.2, 0.25) is 0 Å². The molecule has 0 saturated heterocycles. The van der Waals surface area contributed by atoms with E-state index in [9.17, 15) is 4.79 Å². The second kappa shape index (κ2) is 6.89. The Bertz CT molecular complexity index is 461. The Kier molecular flexibility index (Phi) is 5.75. The largest absolute Gasteiger partial charge is 0.341 e. The molecule has 0 bridgehead atoms. The van der Waals surface area contributed by atoms with Gasteiger partial charge >= 0.3 is 0 Å². The molecule has 0 fully saturated rings. The van der Waals surface area contributed by atoms with Crippen LogP contribution in [0.5, 0.6) is 0 Å². The first kappa shape index (κ1) is 16.7. The molecule has 1 aromatic carbocycles. The fourth-order valence-corrected chi connectivity index (χ4v) is 2.10. The third-order valence-corrected chi connectivity index (χ3v) is 3.33. The van der Waals surface area contributed by atoms with Gasteiger partial charge in [0.2, 0.25) is 5.91 Å². The molecule has 0 aliphatic heterocycles. The summed E-state index contributed by atoms with van der Waals surface area (Å²) >= 11 is 0. The van der Waals surface area contributed by atoms with E-state index in [4.69, 9.17) is 0 Å². The van der Waals surface area contributed by atoms with Gasteiger partial charge in [0.15, 0.2) is 0 Å². The first-order valence-corrected chi connectivity index (χ1v) is 7.24. The van der Waals surface area contributed by atoms with Crippen molar-refractivity contribution < 1.29 is 4.79 Å². The Morgan fingerprint density at radius 3 is 2.45 bits per heavy atom. The molecular weight excluding hydrogens is 248 g/mol. The van der Waals surface area contributed by atoms with Crippen molar-refractivity contribution in [1.82, 2.24) is 10.2 Å². The number of benzene rings is 1. The first-order valence-electron chi connectivity index (χ1n) is 7.24. The first-order chi connectivity index (χ1) is 9.19. The van der Waals surface area contributed by atoms with E-state index >= 15 is 0 Å². The summed E-state index contributed by atoms with van der Waals surface area (Å²) in [6.07, 6.45) is 0.540. The molecule has 20 heavy (non-hydrogen) atoms. The van der Waals surface area contributed by atoms with Gasteiger partial charge in [-0.15, -0.1) is 0 Å². The van der Waals surface area contributed by atoms with Crippen molar-refractivity contribution in [3.05, 3.63) is 34.9 Å². The van der Waals surface area contributed by atoms with Crippen LogP contribution in [0.15, 0.2) is 18.2 Å². The van der Waals surface area contributed by atoms with Gasteiger partial charge in [-0.1, -0.05) is 23.8 Å². The van der Waals surface area contributed by atoms with Gasteiger partial charge in [0.25, 0.3) is 0 Å². The molecule has 0 heterocycles. The van der Waals surface area contributed by atoms with Crippen molar-refractivity contribution in [2.75, 3.05) is 13.6 Å². The average Bonchev–Trinajstić information content (AvgIpc) is 2.30. The number of nitrogens with zero attached hydrogens (tertiary/aromatic N) is 1. The maximum absolute atomic E-state index is 12.1. The molecule has 3 heteroatoms. The molecule has 1 rings (SSSR count). The predicted molar refractivity (Wildman–Crippen MR) is 84.8 cm³/mol. The zero-order valence-corrected chi connectivity index (χ0v) is 13.7. The molecule has 1 amide bonds. The second-order valence-electron chi connectivity index (χ2n) is 6.61. The highest BCUT2D eigenvalue weighted by molar-refractivity contribution is 5.76. The Balaban J connectivity index is 2.49. The zero-order chi connectivity index (χ0) is 15.3. The molecule has 0 saturated carbocycles. The van der Waals surface area contributed by atoms with Crippen LogP contribution in [-0.4, -0.2) is 29.9 Å². The minimum Gasteiger partial charge on any atom is -0.341 e. The number of amides is 1. The summed E-state index contributed by atoms with van der Waals surface area (Å²) in [7, 11) is 1.87. The molecule has 0 aliphatic rings. The molecule has 1 N–H and O–H groups in total. The fourth-order valence-electron chi connectivity index (χ4n) is 2.10. The van der Waals surface area contributed by atoms with Gasteiger partial charge in [-0.3, -0.25) is 4.79 Å². The van der Waals surface area contributed by atoms with Crippen LogP contribution in [0.4, 0.5) is 0 Å². The van der Waals surface area contributed by atoms with E-state index in [1.807, 2.05) is 11.9 Å². The molecule has 0 spiro atoms. The van der Waals surface area contributed by atoms with E-state index in [1.165, 1.54) is 16.7 Å². The Morgan fingerprint density at radius 1 is 1.25 bits per heavy atom. The summed E-state index contributed by atoms with van der Waals surface area (Å²) in [5, 5.41) is 3.34. The van der Waals surface area contributed by atoms with E-state index < -0.39 is 0 Å². The number of rotatable bonds is 5. The number of nitrogens with one attached hydrogen (secondary N) is 1. The van der Waals surface area contributed by atoms with Gasteiger partial charge in [0.1, 0.15) is 0 Å². The quantitative estimate of drug-likeness (QED) is 0.896. The van der Waals surface area contributed by atoms with E-state index in [2.05, 4.69) is 58.1 Å². The number of carbonyl (C=O) groups is 1. The number of hydrogen-bond acceptors (Lipinski definition) is 2. The van der Waals surface area contributed by atoms with Crippen molar-refractivity contribution in [1.29, 1.82) is 0 Å². The topological polar surface area (TPSA) is 32.3 Å². The Labute approximate surface area is 123 Å². The molecule has 0 unspecified atom stereocenters. The summed E-state index contributed by atoms with van der Waals surface area (Å²) in [6.45, 7) is 11.9. The number of aryl methyl sites for hydroxylation is 2. The van der Waals surface area contributed by atoms with Crippen molar-refractivity contribution >= 4 is 5.91 Å². The minimum atomic E-state index is 0.0619. The standard InChI is InChI=1S/C17H28N2O/c1-13-7-8-15(14(2)11-13)12-19(6)16(20)9-10-18-17(3,4)5/h7-8,11,18H,9-10,12H2,1-6H3. The average molecular weight is 276 g/mol. The van der Waals surface area contributed by atoms with Crippen molar-refractivity contribution in [2.24, 2.45) is 0 Å². The van der Waals surface area contributed by atoms with Gasteiger partial charge in [-0.25, -0.2) is 0 Å². The Morgan fingerprint density at radius 2 is 1.90 bits per heavy atom. The summed E-state index contributed by atoms with van der Waals surface area (Å²) in [4.78, 5) is 13.9. The molecule has 0 radical (unpaired) electrons. The summed E-state index contributed by atoms with van der Waals surface area (Å²) in [5.74, 6) is 0.182. The van der Waals surface area contributed by atoms with Crippen LogP contribution in [-0.2, 0) is 11.3 Å². The summed E-state index contributed by atoms with van der Waals surface area (Å²) < 4.78 is 0. The van der Waals surface area contributed by atoms with Gasteiger partial charge in [-0.2, -0.15) is 0 Å². The predicted octanol–water partition coefficient (Wildman–Crippen LogP) is 3.04. The Hall–Kier alpha value is -1.35. The molecule has 112 valence electrons. The maximum Gasteiger partial charge on any atom is 0.223 e. The van der Waals surface area contributed by atoms with Crippen LogP contribution in [0.3, 0.4) is 0 Å². The molecule has 0 atom stereocenters. The molecule has 3 nitrogen and oxygen atoms in total. The molecule has 0 aliphatic carbocycles. The summed E-state index contributed by atoms with van der Waals surface area (Å²) in [5.41, 5.74) is 3.79. The highest BCUT2D eigenvalue weighted by Crippen LogP contribution is 2.13. The van der Waals surface area contributed by atoms with Crippen LogP contribution in [0.25, 0.3) is 0 Å². The van der Waals surface area contributed by atoms with Crippen LogP contribution in [0.1, 0.15) is 43.9 Å². The normalized spacial score (nSPS) is 11.5. The van der Waals surface area contributed by atoms with E-state index in [1.54, 1.807) is 0 Å². The van der Waals surface area contributed by atoms with E-state index in [-0.39, 0.29) is 11.4 Å². The van der Waals surface area contributed by atoms with Crippen molar-refractivity contribution in [3.8, 4) is 0 Å². The number of hydrogen-bond donors (Lipinski definition) is 1. The monoisotopic (exact) mass is 276 g/mol. The number of carbonyl (C=O) groups excluding carboxylic acids is 1. The van der Waals surface area contributed by atoms with Crippen molar-refractivity contribution in [3.63, 3.8) is 0 Å². The summed E-state index contributed by atoms with van der Waals surface area (Å²) in [6, 6.07) is 6.37. The van der Waals surface area contributed by atoms with E-state index in [0.29, 0.717) is 13.0 Å². The van der Waals surface area contributed by atoms with Crippen LogP contribution >= 0.6 is 0 Å². The van der Waals surface area contributed by atoms with Gasteiger partial charge in [-0.05, 0) is 45.7 Å². The molecule has 0 aromatic heterocycles. The van der Waals surface area contributed by atoms with Crippen LogP contribution < -0.4 is 5.32 Å². The lowest BCUT2D eigenvalue weighted by atomic mass is 10.1. The van der Waals surface area contributed by atoms with Gasteiger partial charge < -0.3 is 10.2 Å². The van der Waals surface area contributed by atoms with Crippen LogP contribution in [0, 0.1) is 13.8 Å². The highest BCUT2D eigenvalue weighted by Gasteiger charge is 2.13. The maximum atomic E-state index is 12.1. The minimum absolute atomic E-state index is 0.0619. The zero-order valence-electron chi connectivity index (χ0n) is 13.7. The smallest absolute Gasteiger partial charge is 0.223 e. The lowest BCUT2D eigenvalue weighted by Crippen LogP contribution is -2.38. The van der Waals surface area contributed by atoms with Gasteiger partial charge in [0, 0.05) is 32.1 Å². The lowest BCUT2D eigenvalue weighted by molar-refractivity contribution is -0.130.